The number of nitrogens with zero attached hydrogens (tertiary/aromatic N) is 1. The molecule has 0 fully saturated rings. The number of carboxylic acid groups (broad SMARTS) is 1. The van der Waals surface area contributed by atoms with Gasteiger partial charge in [0.15, 0.2) is 0 Å². The molecule has 0 aliphatic heterocycles. The molecule has 1 aromatic heterocycles. The molecule has 0 aromatic carbocycles. The largest absolute Gasteiger partial charge is 0.480 e. The Morgan fingerprint density at radius 1 is 1.47 bits per heavy atom. The minimum atomic E-state index is -1.04. The first kappa shape index (κ1) is 15.4. The smallest absolute Gasteiger partial charge is 0.326 e. The molecule has 0 spiro atoms. The molecule has 0 saturated heterocycles. The molecule has 6 nitrogen and oxygen atoms in total. The Morgan fingerprint density at radius 2 is 2.16 bits per heavy atom. The van der Waals surface area contributed by atoms with Crippen molar-refractivity contribution in [3.05, 3.63) is 16.6 Å². The average molecular weight is 285 g/mol. The number of carbonyl (C=O) groups excluding carboxylic acids is 1. The highest BCUT2D eigenvalue weighted by molar-refractivity contribution is 7.09. The van der Waals surface area contributed by atoms with E-state index in [2.05, 4.69) is 15.6 Å². The van der Waals surface area contributed by atoms with Gasteiger partial charge in [0.2, 0.25) is 0 Å². The highest BCUT2D eigenvalue weighted by Crippen LogP contribution is 2.19. The lowest BCUT2D eigenvalue weighted by Gasteiger charge is -2.27. The zero-order valence-corrected chi connectivity index (χ0v) is 12.1. The fourth-order valence-corrected chi connectivity index (χ4v) is 2.11. The first-order valence-corrected chi connectivity index (χ1v) is 6.84. The van der Waals surface area contributed by atoms with Crippen LogP contribution in [0.3, 0.4) is 0 Å². The molecule has 1 rings (SSSR count). The molecule has 0 saturated carbocycles. The van der Waals surface area contributed by atoms with Gasteiger partial charge in [-0.05, 0) is 5.41 Å². The van der Waals surface area contributed by atoms with Crippen LogP contribution in [-0.4, -0.2) is 34.7 Å². The summed E-state index contributed by atoms with van der Waals surface area (Å²) in [5.74, 6) is -1.04. The molecule has 3 N–H and O–H groups in total. The van der Waals surface area contributed by atoms with Crippen molar-refractivity contribution in [3.63, 3.8) is 0 Å². The van der Waals surface area contributed by atoms with E-state index in [4.69, 9.17) is 5.11 Å². The highest BCUT2D eigenvalue weighted by atomic mass is 32.1. The number of carboxylic acids is 1. The van der Waals surface area contributed by atoms with Gasteiger partial charge in [0.25, 0.3) is 0 Å². The fraction of sp³-hybridized carbons (Fsp3) is 0.583. The predicted molar refractivity (Wildman–Crippen MR) is 73.2 cm³/mol. The van der Waals surface area contributed by atoms with Crippen LogP contribution in [0.25, 0.3) is 0 Å². The molecule has 106 valence electrons. The van der Waals surface area contributed by atoms with Crippen LogP contribution in [-0.2, 0) is 11.2 Å². The number of aromatic nitrogens is 1. The van der Waals surface area contributed by atoms with E-state index in [9.17, 15) is 9.59 Å². The minimum Gasteiger partial charge on any atom is -0.480 e. The second-order valence-electron chi connectivity index (χ2n) is 5.21. The SMILES string of the molecule is CC(C)(C)[C@H](NC(=O)NCCc1nccs1)C(=O)O. The van der Waals surface area contributed by atoms with Crippen molar-refractivity contribution in [2.75, 3.05) is 6.54 Å². The maximum Gasteiger partial charge on any atom is 0.326 e. The number of carbonyl (C=O) groups is 2. The topological polar surface area (TPSA) is 91.3 Å². The molecule has 2 amide bonds. The van der Waals surface area contributed by atoms with Crippen LogP contribution in [0.1, 0.15) is 25.8 Å². The van der Waals surface area contributed by atoms with E-state index < -0.39 is 23.5 Å². The van der Waals surface area contributed by atoms with Gasteiger partial charge in [-0.1, -0.05) is 20.8 Å². The van der Waals surface area contributed by atoms with Crippen molar-refractivity contribution in [1.82, 2.24) is 15.6 Å². The lowest BCUT2D eigenvalue weighted by molar-refractivity contribution is -0.141. The van der Waals surface area contributed by atoms with Crippen LogP contribution in [0, 0.1) is 5.41 Å². The fourth-order valence-electron chi connectivity index (χ4n) is 1.49. The number of amides is 2. The first-order valence-electron chi connectivity index (χ1n) is 5.96. The number of urea groups is 1. The third kappa shape index (κ3) is 5.25. The monoisotopic (exact) mass is 285 g/mol. The second kappa shape index (κ2) is 6.51. The summed E-state index contributed by atoms with van der Waals surface area (Å²) in [6.07, 6.45) is 2.35. The number of hydrogen-bond donors (Lipinski definition) is 3. The van der Waals surface area contributed by atoms with Crippen molar-refractivity contribution in [3.8, 4) is 0 Å². The molecule has 19 heavy (non-hydrogen) atoms. The summed E-state index contributed by atoms with van der Waals surface area (Å²) in [5.41, 5.74) is -0.543. The summed E-state index contributed by atoms with van der Waals surface area (Å²) >= 11 is 1.52. The molecule has 0 unspecified atom stereocenters. The number of aliphatic carboxylic acids is 1. The van der Waals surface area contributed by atoms with Crippen molar-refractivity contribution in [2.24, 2.45) is 5.41 Å². The molecule has 7 heteroatoms. The van der Waals surface area contributed by atoms with Gasteiger partial charge in [-0.25, -0.2) is 14.6 Å². The van der Waals surface area contributed by atoms with Gasteiger partial charge in [-0.15, -0.1) is 11.3 Å². The average Bonchev–Trinajstić information content (AvgIpc) is 2.77. The maximum atomic E-state index is 11.6. The molecular weight excluding hydrogens is 266 g/mol. The first-order chi connectivity index (χ1) is 8.80. The summed E-state index contributed by atoms with van der Waals surface area (Å²) in [5, 5.41) is 17.0. The third-order valence-corrected chi connectivity index (χ3v) is 3.34. The van der Waals surface area contributed by atoms with Crippen LogP contribution in [0.4, 0.5) is 4.79 Å². The lowest BCUT2D eigenvalue weighted by atomic mass is 9.87. The van der Waals surface area contributed by atoms with E-state index in [1.54, 1.807) is 27.0 Å². The number of hydrogen-bond acceptors (Lipinski definition) is 4. The predicted octanol–water partition coefficient (Wildman–Crippen LogP) is 1.48. The molecule has 0 aliphatic rings. The summed E-state index contributed by atoms with van der Waals surface area (Å²) in [7, 11) is 0. The zero-order valence-electron chi connectivity index (χ0n) is 11.3. The Bertz CT molecular complexity index is 426. The Kier molecular flexibility index (Phi) is 5.29. The lowest BCUT2D eigenvalue weighted by Crippen LogP contribution is -2.52. The van der Waals surface area contributed by atoms with E-state index in [0.717, 1.165) is 5.01 Å². The molecule has 1 heterocycles. The van der Waals surface area contributed by atoms with Crippen molar-refractivity contribution in [2.45, 2.75) is 33.2 Å². The Morgan fingerprint density at radius 3 is 2.63 bits per heavy atom. The molecule has 0 bridgehead atoms. The molecular formula is C12H19N3O3S. The molecule has 0 radical (unpaired) electrons. The molecule has 1 atom stereocenters. The van der Waals surface area contributed by atoms with E-state index >= 15 is 0 Å². The van der Waals surface area contributed by atoms with E-state index in [1.807, 2.05) is 5.38 Å². The standard InChI is InChI=1S/C12H19N3O3S/c1-12(2,3)9(10(16)17)15-11(18)14-5-4-8-13-6-7-19-8/h6-7,9H,4-5H2,1-3H3,(H,16,17)(H2,14,15,18)/t9-/m1/s1. The van der Waals surface area contributed by atoms with E-state index in [-0.39, 0.29) is 0 Å². The molecule has 1 aromatic rings. The van der Waals surface area contributed by atoms with Gasteiger partial charge < -0.3 is 15.7 Å². The van der Waals surface area contributed by atoms with Gasteiger partial charge in [-0.3, -0.25) is 0 Å². The number of nitrogens with one attached hydrogen (secondary N) is 2. The zero-order chi connectivity index (χ0) is 14.5. The van der Waals surface area contributed by atoms with Gasteiger partial charge >= 0.3 is 12.0 Å². The van der Waals surface area contributed by atoms with Crippen molar-refractivity contribution in [1.29, 1.82) is 0 Å². The summed E-state index contributed by atoms with van der Waals surface area (Å²) in [6, 6.07) is -1.40. The number of rotatable bonds is 5. The summed E-state index contributed by atoms with van der Waals surface area (Å²) in [6.45, 7) is 5.72. The maximum absolute atomic E-state index is 11.6. The van der Waals surface area contributed by atoms with Crippen LogP contribution in [0.5, 0.6) is 0 Å². The van der Waals surface area contributed by atoms with Crippen LogP contribution < -0.4 is 10.6 Å². The van der Waals surface area contributed by atoms with Crippen molar-refractivity contribution >= 4 is 23.3 Å². The minimum absolute atomic E-state index is 0.426. The van der Waals surface area contributed by atoms with Crippen LogP contribution >= 0.6 is 11.3 Å². The Labute approximate surface area is 116 Å². The van der Waals surface area contributed by atoms with Gasteiger partial charge in [0.1, 0.15) is 6.04 Å². The normalized spacial score (nSPS) is 12.8. The Hall–Kier alpha value is -1.63. The van der Waals surface area contributed by atoms with Crippen molar-refractivity contribution < 1.29 is 14.7 Å². The number of thiazole rings is 1. The second-order valence-corrected chi connectivity index (χ2v) is 6.19. The van der Waals surface area contributed by atoms with E-state index in [1.165, 1.54) is 11.3 Å². The Balaban J connectivity index is 2.39. The molecule has 0 aliphatic carbocycles. The highest BCUT2D eigenvalue weighted by Gasteiger charge is 2.32. The van der Waals surface area contributed by atoms with Gasteiger partial charge in [0.05, 0.1) is 5.01 Å². The van der Waals surface area contributed by atoms with Crippen LogP contribution in [0.15, 0.2) is 11.6 Å². The quantitative estimate of drug-likeness (QED) is 0.764. The van der Waals surface area contributed by atoms with Gasteiger partial charge in [-0.2, -0.15) is 0 Å². The van der Waals surface area contributed by atoms with Gasteiger partial charge in [0, 0.05) is 24.5 Å². The van der Waals surface area contributed by atoms with E-state index in [0.29, 0.717) is 13.0 Å². The third-order valence-electron chi connectivity index (χ3n) is 2.50. The summed E-state index contributed by atoms with van der Waals surface area (Å²) < 4.78 is 0. The van der Waals surface area contributed by atoms with Crippen LogP contribution in [0.2, 0.25) is 0 Å². The summed E-state index contributed by atoms with van der Waals surface area (Å²) in [4.78, 5) is 26.8.